The van der Waals surface area contributed by atoms with Gasteiger partial charge in [-0.2, -0.15) is 17.6 Å². The lowest BCUT2D eigenvalue weighted by atomic mass is 10.2. The lowest BCUT2D eigenvalue weighted by Crippen LogP contribution is -2.28. The average Bonchev–Trinajstić information content (AvgIpc) is 3.30. The third-order valence-electron chi connectivity index (χ3n) is 4.49. The number of halogens is 1. The summed E-state index contributed by atoms with van der Waals surface area (Å²) in [4.78, 5) is -0.411. The number of hydrogen-bond acceptors (Lipinski definition) is 5. The van der Waals surface area contributed by atoms with Gasteiger partial charge in [-0.3, -0.25) is 0 Å². The van der Waals surface area contributed by atoms with E-state index in [4.69, 9.17) is 4.74 Å². The summed E-state index contributed by atoms with van der Waals surface area (Å²) < 4.78 is 46.4. The monoisotopic (exact) mass is 375 g/mol. The van der Waals surface area contributed by atoms with Gasteiger partial charge in [-0.25, -0.2) is 4.39 Å². The van der Waals surface area contributed by atoms with Gasteiger partial charge in [0.15, 0.2) is 0 Å². The topological polar surface area (TPSA) is 73.2 Å². The van der Waals surface area contributed by atoms with Gasteiger partial charge in [0.1, 0.15) is 23.1 Å². The van der Waals surface area contributed by atoms with Crippen LogP contribution in [0.1, 0.15) is 12.8 Å². The van der Waals surface area contributed by atoms with E-state index < -0.39 is 20.7 Å². The maximum atomic E-state index is 14.0. The van der Waals surface area contributed by atoms with Crippen LogP contribution >= 0.6 is 0 Å². The van der Waals surface area contributed by atoms with Crippen molar-refractivity contribution in [2.24, 2.45) is 0 Å². The summed E-state index contributed by atoms with van der Waals surface area (Å²) in [5.41, 5.74) is 0.352. The van der Waals surface area contributed by atoms with E-state index in [1.807, 2.05) is 0 Å². The average molecular weight is 375 g/mol. The second kappa shape index (κ2) is 6.69. The minimum atomic E-state index is -4.14. The standard InChI is InChI=1S/C18H18FN3O3S/c19-15-6-1-2-9-18(15)26(23,24)22-16-7-3-8-17(14(16)11-21-22)25-12-13-5-4-10-20-13/h1-3,6-9,11,13,20H,4-5,10,12H2. The summed E-state index contributed by atoms with van der Waals surface area (Å²) >= 11 is 0. The molecule has 3 aromatic rings. The van der Waals surface area contributed by atoms with Crippen LogP contribution in [-0.2, 0) is 10.0 Å². The molecule has 1 N–H and O–H groups in total. The van der Waals surface area contributed by atoms with E-state index in [9.17, 15) is 12.8 Å². The Balaban J connectivity index is 1.71. The van der Waals surface area contributed by atoms with Gasteiger partial charge in [0.2, 0.25) is 0 Å². The van der Waals surface area contributed by atoms with E-state index in [1.54, 1.807) is 18.2 Å². The Labute approximate surface area is 150 Å². The smallest absolute Gasteiger partial charge is 0.286 e. The summed E-state index contributed by atoms with van der Waals surface area (Å²) in [5, 5.41) is 7.91. The molecule has 0 aliphatic carbocycles. The Morgan fingerprint density at radius 2 is 2.08 bits per heavy atom. The molecule has 2 heterocycles. The number of nitrogens with one attached hydrogen (secondary N) is 1. The SMILES string of the molecule is O=S(=O)(c1ccccc1F)n1ncc2c(OCC3CCCN3)cccc21. The summed E-state index contributed by atoms with van der Waals surface area (Å²) in [5.74, 6) is -0.248. The molecule has 4 rings (SSSR count). The summed E-state index contributed by atoms with van der Waals surface area (Å²) in [6.07, 6.45) is 3.61. The molecule has 0 bridgehead atoms. The number of aromatic nitrogens is 2. The summed E-state index contributed by atoms with van der Waals surface area (Å²) in [6, 6.07) is 10.7. The van der Waals surface area contributed by atoms with Crippen molar-refractivity contribution in [2.45, 2.75) is 23.8 Å². The first kappa shape index (κ1) is 17.0. The van der Waals surface area contributed by atoms with Gasteiger partial charge in [0.25, 0.3) is 10.0 Å². The summed E-state index contributed by atoms with van der Waals surface area (Å²) in [6.45, 7) is 1.49. The van der Waals surface area contributed by atoms with E-state index in [2.05, 4.69) is 10.4 Å². The van der Waals surface area contributed by atoms with Gasteiger partial charge in [-0.1, -0.05) is 18.2 Å². The molecule has 0 saturated carbocycles. The molecule has 1 unspecified atom stereocenters. The minimum Gasteiger partial charge on any atom is -0.491 e. The first-order valence-electron chi connectivity index (χ1n) is 8.40. The van der Waals surface area contributed by atoms with Gasteiger partial charge in [0.05, 0.1) is 17.1 Å². The predicted molar refractivity (Wildman–Crippen MR) is 95.2 cm³/mol. The zero-order chi connectivity index (χ0) is 18.1. The van der Waals surface area contributed by atoms with Crippen molar-refractivity contribution in [1.82, 2.24) is 14.5 Å². The number of benzene rings is 2. The highest BCUT2D eigenvalue weighted by Gasteiger charge is 2.24. The second-order valence-electron chi connectivity index (χ2n) is 6.22. The van der Waals surface area contributed by atoms with Gasteiger partial charge < -0.3 is 10.1 Å². The van der Waals surface area contributed by atoms with Crippen LogP contribution in [0.3, 0.4) is 0 Å². The molecule has 1 atom stereocenters. The maximum absolute atomic E-state index is 14.0. The number of rotatable bonds is 5. The van der Waals surface area contributed by atoms with Crippen LogP contribution in [0.5, 0.6) is 5.75 Å². The second-order valence-corrected chi connectivity index (χ2v) is 7.95. The number of hydrogen-bond donors (Lipinski definition) is 1. The van der Waals surface area contributed by atoms with Crippen LogP contribution in [-0.4, -0.2) is 36.8 Å². The van der Waals surface area contributed by atoms with Crippen molar-refractivity contribution in [3.8, 4) is 5.75 Å². The van der Waals surface area contributed by atoms with Crippen LogP contribution in [0.15, 0.2) is 53.6 Å². The molecule has 26 heavy (non-hydrogen) atoms. The van der Waals surface area contributed by atoms with E-state index in [1.165, 1.54) is 24.4 Å². The molecule has 0 amide bonds. The van der Waals surface area contributed by atoms with E-state index in [0.717, 1.165) is 29.5 Å². The molecule has 0 spiro atoms. The third kappa shape index (κ3) is 2.95. The first-order valence-corrected chi connectivity index (χ1v) is 9.84. The minimum absolute atomic E-state index is 0.294. The Bertz CT molecular complexity index is 1040. The van der Waals surface area contributed by atoms with Crippen LogP contribution in [0.2, 0.25) is 0 Å². The molecule has 1 aromatic heterocycles. The Hall–Kier alpha value is -2.45. The zero-order valence-electron chi connectivity index (χ0n) is 13.9. The van der Waals surface area contributed by atoms with Gasteiger partial charge in [-0.15, -0.1) is 0 Å². The van der Waals surface area contributed by atoms with Crippen LogP contribution in [0, 0.1) is 5.82 Å². The highest BCUT2D eigenvalue weighted by molar-refractivity contribution is 7.90. The first-order chi connectivity index (χ1) is 12.6. The van der Waals surface area contributed by atoms with Crippen LogP contribution in [0.25, 0.3) is 10.9 Å². The van der Waals surface area contributed by atoms with Crippen molar-refractivity contribution < 1.29 is 17.5 Å². The molecule has 8 heteroatoms. The van der Waals surface area contributed by atoms with E-state index in [-0.39, 0.29) is 0 Å². The fraction of sp³-hybridized carbons (Fsp3) is 0.278. The van der Waals surface area contributed by atoms with Gasteiger partial charge >= 0.3 is 0 Å². The lowest BCUT2D eigenvalue weighted by Gasteiger charge is -2.13. The van der Waals surface area contributed by atoms with Crippen molar-refractivity contribution in [3.63, 3.8) is 0 Å². The molecule has 1 fully saturated rings. The normalized spacial score (nSPS) is 17.7. The van der Waals surface area contributed by atoms with Crippen LogP contribution in [0.4, 0.5) is 4.39 Å². The fourth-order valence-electron chi connectivity index (χ4n) is 3.16. The maximum Gasteiger partial charge on any atom is 0.286 e. The molecule has 6 nitrogen and oxygen atoms in total. The molecule has 136 valence electrons. The molecule has 1 aliphatic heterocycles. The largest absolute Gasteiger partial charge is 0.491 e. The van der Waals surface area contributed by atoms with Crippen molar-refractivity contribution in [3.05, 3.63) is 54.5 Å². The molecule has 0 radical (unpaired) electrons. The molecule has 2 aromatic carbocycles. The van der Waals surface area contributed by atoms with Gasteiger partial charge in [-0.05, 0) is 43.7 Å². The number of nitrogens with zero attached hydrogens (tertiary/aromatic N) is 2. The Kier molecular flexibility index (Phi) is 4.37. The zero-order valence-corrected chi connectivity index (χ0v) is 14.7. The van der Waals surface area contributed by atoms with E-state index >= 15 is 0 Å². The van der Waals surface area contributed by atoms with Crippen LogP contribution < -0.4 is 10.1 Å². The lowest BCUT2D eigenvalue weighted by molar-refractivity contribution is 0.280. The third-order valence-corrected chi connectivity index (χ3v) is 6.12. The quantitative estimate of drug-likeness (QED) is 0.742. The predicted octanol–water partition coefficient (Wildman–Crippen LogP) is 2.54. The number of ether oxygens (including phenoxy) is 1. The van der Waals surface area contributed by atoms with Gasteiger partial charge in [0, 0.05) is 6.04 Å². The highest BCUT2D eigenvalue weighted by atomic mass is 32.2. The van der Waals surface area contributed by atoms with E-state index in [0.29, 0.717) is 29.3 Å². The summed E-state index contributed by atoms with van der Waals surface area (Å²) in [7, 11) is -4.14. The Morgan fingerprint density at radius 3 is 2.85 bits per heavy atom. The number of fused-ring (bicyclic) bond motifs is 1. The Morgan fingerprint density at radius 1 is 1.23 bits per heavy atom. The highest BCUT2D eigenvalue weighted by Crippen LogP contribution is 2.28. The van der Waals surface area contributed by atoms with Crippen molar-refractivity contribution >= 4 is 20.9 Å². The molecular formula is C18H18FN3O3S. The van der Waals surface area contributed by atoms with Crippen molar-refractivity contribution in [2.75, 3.05) is 13.2 Å². The molecular weight excluding hydrogens is 357 g/mol. The fourth-order valence-corrected chi connectivity index (χ4v) is 4.50. The molecule has 1 aliphatic rings. The van der Waals surface area contributed by atoms with Crippen molar-refractivity contribution in [1.29, 1.82) is 0 Å². The molecule has 1 saturated heterocycles.